The molecule has 0 heterocycles. The summed E-state index contributed by atoms with van der Waals surface area (Å²) in [5.74, 6) is 0.0196. The SMILES string of the molecule is O=C(CC(O)CCCCc1ccccc1)c1ccccc1. The van der Waals surface area contributed by atoms with Crippen molar-refractivity contribution in [1.82, 2.24) is 0 Å². The van der Waals surface area contributed by atoms with E-state index in [0.717, 1.165) is 19.3 Å². The van der Waals surface area contributed by atoms with Crippen LogP contribution in [0.1, 0.15) is 41.6 Å². The first-order chi connectivity index (χ1) is 10.3. The van der Waals surface area contributed by atoms with Gasteiger partial charge in [0.2, 0.25) is 0 Å². The summed E-state index contributed by atoms with van der Waals surface area (Å²) in [5.41, 5.74) is 2.01. The third-order valence-corrected chi connectivity index (χ3v) is 3.61. The number of hydrogen-bond donors (Lipinski definition) is 1. The maximum atomic E-state index is 11.9. The maximum Gasteiger partial charge on any atom is 0.165 e. The number of Topliss-reactive ketones (excluding diaryl/α,β-unsaturated/α-hetero) is 1. The Labute approximate surface area is 126 Å². The highest BCUT2D eigenvalue weighted by Crippen LogP contribution is 2.12. The Balaban J connectivity index is 1.66. The van der Waals surface area contributed by atoms with Crippen LogP contribution < -0.4 is 0 Å². The van der Waals surface area contributed by atoms with Gasteiger partial charge in [-0.15, -0.1) is 0 Å². The lowest BCUT2D eigenvalue weighted by atomic mass is 10.0. The van der Waals surface area contributed by atoms with E-state index in [-0.39, 0.29) is 12.2 Å². The molecule has 0 saturated heterocycles. The molecule has 1 N–H and O–H groups in total. The van der Waals surface area contributed by atoms with Crippen LogP contribution in [0.3, 0.4) is 0 Å². The Kier molecular flexibility index (Phi) is 6.17. The van der Waals surface area contributed by atoms with Crippen molar-refractivity contribution in [3.8, 4) is 0 Å². The van der Waals surface area contributed by atoms with Crippen LogP contribution in [0.25, 0.3) is 0 Å². The van der Waals surface area contributed by atoms with E-state index in [0.29, 0.717) is 12.0 Å². The molecule has 1 atom stereocenters. The molecule has 2 heteroatoms. The van der Waals surface area contributed by atoms with Gasteiger partial charge in [0.15, 0.2) is 5.78 Å². The number of carbonyl (C=O) groups is 1. The number of benzene rings is 2. The molecule has 0 aromatic heterocycles. The third kappa shape index (κ3) is 5.52. The predicted octanol–water partition coefficient (Wildman–Crippen LogP) is 4.03. The Morgan fingerprint density at radius 1 is 0.905 bits per heavy atom. The van der Waals surface area contributed by atoms with Crippen LogP contribution in [-0.2, 0) is 6.42 Å². The topological polar surface area (TPSA) is 37.3 Å². The van der Waals surface area contributed by atoms with Crippen LogP contribution in [0.15, 0.2) is 60.7 Å². The van der Waals surface area contributed by atoms with Gasteiger partial charge in [0, 0.05) is 12.0 Å². The molecule has 110 valence electrons. The summed E-state index contributed by atoms with van der Waals surface area (Å²) < 4.78 is 0. The van der Waals surface area contributed by atoms with Crippen molar-refractivity contribution in [3.63, 3.8) is 0 Å². The zero-order valence-electron chi connectivity index (χ0n) is 12.2. The van der Waals surface area contributed by atoms with Crippen LogP contribution >= 0.6 is 0 Å². The van der Waals surface area contributed by atoms with Crippen molar-refractivity contribution in [2.24, 2.45) is 0 Å². The molecule has 2 rings (SSSR count). The van der Waals surface area contributed by atoms with Gasteiger partial charge < -0.3 is 5.11 Å². The second-order valence-corrected chi connectivity index (χ2v) is 5.38. The van der Waals surface area contributed by atoms with Crippen molar-refractivity contribution in [3.05, 3.63) is 71.8 Å². The number of aliphatic hydroxyl groups excluding tert-OH is 1. The van der Waals surface area contributed by atoms with Crippen LogP contribution in [-0.4, -0.2) is 17.0 Å². The fraction of sp³-hybridized carbons (Fsp3) is 0.316. The van der Waals surface area contributed by atoms with Crippen molar-refractivity contribution < 1.29 is 9.90 Å². The van der Waals surface area contributed by atoms with Gasteiger partial charge in [-0.2, -0.15) is 0 Å². The van der Waals surface area contributed by atoms with E-state index in [4.69, 9.17) is 0 Å². The normalized spacial score (nSPS) is 12.0. The van der Waals surface area contributed by atoms with Gasteiger partial charge >= 0.3 is 0 Å². The summed E-state index contributed by atoms with van der Waals surface area (Å²) in [7, 11) is 0. The summed E-state index contributed by atoms with van der Waals surface area (Å²) in [6.45, 7) is 0. The highest BCUT2D eigenvalue weighted by molar-refractivity contribution is 5.96. The van der Waals surface area contributed by atoms with E-state index in [1.807, 2.05) is 36.4 Å². The van der Waals surface area contributed by atoms with E-state index in [1.54, 1.807) is 12.1 Å². The van der Waals surface area contributed by atoms with Crippen molar-refractivity contribution >= 4 is 5.78 Å². The standard InChI is InChI=1S/C19H22O2/c20-18(15-19(21)17-12-5-2-6-13-17)14-8-7-11-16-9-3-1-4-10-16/h1-6,9-10,12-13,18,20H,7-8,11,14-15H2. The lowest BCUT2D eigenvalue weighted by Crippen LogP contribution is -2.13. The smallest absolute Gasteiger partial charge is 0.165 e. The largest absolute Gasteiger partial charge is 0.393 e. The van der Waals surface area contributed by atoms with Gasteiger partial charge in [0.05, 0.1) is 6.10 Å². The Morgan fingerprint density at radius 3 is 2.19 bits per heavy atom. The molecule has 21 heavy (non-hydrogen) atoms. The van der Waals surface area contributed by atoms with Gasteiger partial charge in [0.25, 0.3) is 0 Å². The second kappa shape index (κ2) is 8.38. The molecule has 0 aliphatic carbocycles. The third-order valence-electron chi connectivity index (χ3n) is 3.61. The van der Waals surface area contributed by atoms with Crippen molar-refractivity contribution in [1.29, 1.82) is 0 Å². The molecule has 0 bridgehead atoms. The van der Waals surface area contributed by atoms with E-state index >= 15 is 0 Å². The van der Waals surface area contributed by atoms with E-state index in [2.05, 4.69) is 12.1 Å². The fourth-order valence-corrected chi connectivity index (χ4v) is 2.41. The van der Waals surface area contributed by atoms with E-state index in [9.17, 15) is 9.90 Å². The van der Waals surface area contributed by atoms with E-state index in [1.165, 1.54) is 5.56 Å². The number of carbonyl (C=O) groups excluding carboxylic acids is 1. The molecule has 2 nitrogen and oxygen atoms in total. The first-order valence-electron chi connectivity index (χ1n) is 7.56. The number of aliphatic hydroxyl groups is 1. The van der Waals surface area contributed by atoms with Crippen LogP contribution in [0, 0.1) is 0 Å². The highest BCUT2D eigenvalue weighted by atomic mass is 16.3. The number of rotatable bonds is 8. The first kappa shape index (κ1) is 15.5. The second-order valence-electron chi connectivity index (χ2n) is 5.38. The van der Waals surface area contributed by atoms with Gasteiger partial charge in [-0.05, 0) is 24.8 Å². The van der Waals surface area contributed by atoms with Gasteiger partial charge in [0.1, 0.15) is 0 Å². The molecule has 0 radical (unpaired) electrons. The summed E-state index contributed by atoms with van der Waals surface area (Å²) in [5, 5.41) is 9.96. The zero-order valence-corrected chi connectivity index (χ0v) is 12.2. The quantitative estimate of drug-likeness (QED) is 0.586. The molecule has 0 spiro atoms. The van der Waals surface area contributed by atoms with Crippen LogP contribution in [0.5, 0.6) is 0 Å². The van der Waals surface area contributed by atoms with Crippen LogP contribution in [0.2, 0.25) is 0 Å². The fourth-order valence-electron chi connectivity index (χ4n) is 2.41. The monoisotopic (exact) mass is 282 g/mol. The number of hydrogen-bond acceptors (Lipinski definition) is 2. The molecular formula is C19H22O2. The van der Waals surface area contributed by atoms with Gasteiger partial charge in [-0.1, -0.05) is 67.1 Å². The molecule has 1 unspecified atom stereocenters. The molecule has 0 aliphatic rings. The molecule has 2 aromatic rings. The molecule has 2 aromatic carbocycles. The van der Waals surface area contributed by atoms with E-state index < -0.39 is 6.10 Å². The maximum absolute atomic E-state index is 11.9. The average molecular weight is 282 g/mol. The minimum Gasteiger partial charge on any atom is -0.393 e. The van der Waals surface area contributed by atoms with Gasteiger partial charge in [-0.3, -0.25) is 4.79 Å². The number of ketones is 1. The highest BCUT2D eigenvalue weighted by Gasteiger charge is 2.12. The zero-order chi connectivity index (χ0) is 14.9. The van der Waals surface area contributed by atoms with Crippen molar-refractivity contribution in [2.75, 3.05) is 0 Å². The Morgan fingerprint density at radius 2 is 1.52 bits per heavy atom. The molecule has 0 fully saturated rings. The minimum absolute atomic E-state index is 0.0196. The number of unbranched alkanes of at least 4 members (excludes halogenated alkanes) is 1. The van der Waals surface area contributed by atoms with Gasteiger partial charge in [-0.25, -0.2) is 0 Å². The molecule has 0 saturated carbocycles. The molecule has 0 amide bonds. The van der Waals surface area contributed by atoms with Crippen LogP contribution in [0.4, 0.5) is 0 Å². The minimum atomic E-state index is -0.534. The lowest BCUT2D eigenvalue weighted by Gasteiger charge is -2.09. The number of aryl methyl sites for hydroxylation is 1. The average Bonchev–Trinajstić information content (AvgIpc) is 2.53. The summed E-state index contributed by atoms with van der Waals surface area (Å²) in [4.78, 5) is 11.9. The first-order valence-corrected chi connectivity index (χ1v) is 7.56. The summed E-state index contributed by atoms with van der Waals surface area (Å²) in [6.07, 6.45) is 3.38. The summed E-state index contributed by atoms with van der Waals surface area (Å²) in [6, 6.07) is 19.5. The molecule has 0 aliphatic heterocycles. The Hall–Kier alpha value is -1.93. The summed E-state index contributed by atoms with van der Waals surface area (Å²) >= 11 is 0. The molecular weight excluding hydrogens is 260 g/mol. The predicted molar refractivity (Wildman–Crippen MR) is 85.4 cm³/mol. The lowest BCUT2D eigenvalue weighted by molar-refractivity contribution is 0.0864. The van der Waals surface area contributed by atoms with Crippen molar-refractivity contribution in [2.45, 2.75) is 38.2 Å². The Bertz CT molecular complexity index is 534.